The summed E-state index contributed by atoms with van der Waals surface area (Å²) in [5.74, 6) is 0.909. The molecule has 1 aliphatic rings. The molecular weight excluding hydrogens is 382 g/mol. The smallest absolute Gasteiger partial charge is 0.323 e. The largest absolute Gasteiger partial charge is 0.493 e. The van der Waals surface area contributed by atoms with Gasteiger partial charge >= 0.3 is 6.03 Å². The lowest BCUT2D eigenvalue weighted by Gasteiger charge is -2.29. The van der Waals surface area contributed by atoms with Crippen LogP contribution in [0, 0.1) is 0 Å². The second-order valence-electron chi connectivity index (χ2n) is 6.40. The van der Waals surface area contributed by atoms with E-state index in [0.717, 1.165) is 18.4 Å². The summed E-state index contributed by atoms with van der Waals surface area (Å²) in [7, 11) is -0.369. The van der Waals surface area contributed by atoms with Crippen LogP contribution in [-0.2, 0) is 16.4 Å². The normalized spacial score (nSPS) is 13.5. The van der Waals surface area contributed by atoms with Gasteiger partial charge in [-0.05, 0) is 42.7 Å². The van der Waals surface area contributed by atoms with Crippen LogP contribution in [0.15, 0.2) is 36.4 Å². The third-order valence-electron chi connectivity index (χ3n) is 4.47. The Morgan fingerprint density at radius 3 is 2.57 bits per heavy atom. The van der Waals surface area contributed by atoms with Gasteiger partial charge in [-0.25, -0.2) is 13.2 Å². The van der Waals surface area contributed by atoms with Gasteiger partial charge < -0.3 is 20.1 Å². The summed E-state index contributed by atoms with van der Waals surface area (Å²) in [6, 6.07) is 9.96. The Labute approximate surface area is 164 Å². The molecule has 2 aromatic rings. The fraction of sp³-hybridized carbons (Fsp3) is 0.316. The van der Waals surface area contributed by atoms with E-state index < -0.39 is 16.1 Å². The number of aryl methyl sites for hydroxylation is 1. The Bertz CT molecular complexity index is 991. The van der Waals surface area contributed by atoms with Crippen molar-refractivity contribution in [3.8, 4) is 11.5 Å². The van der Waals surface area contributed by atoms with E-state index in [4.69, 9.17) is 9.47 Å². The third-order valence-corrected chi connectivity index (χ3v) is 5.65. The summed E-state index contributed by atoms with van der Waals surface area (Å²) in [6.07, 6.45) is 2.75. The van der Waals surface area contributed by atoms with Gasteiger partial charge in [0.25, 0.3) is 0 Å². The van der Waals surface area contributed by atoms with E-state index in [2.05, 4.69) is 10.6 Å². The Morgan fingerprint density at radius 2 is 1.89 bits per heavy atom. The highest BCUT2D eigenvalue weighted by molar-refractivity contribution is 7.92. The van der Waals surface area contributed by atoms with Crippen molar-refractivity contribution in [3.05, 3.63) is 42.0 Å². The first kappa shape index (κ1) is 19.8. The van der Waals surface area contributed by atoms with E-state index >= 15 is 0 Å². The zero-order chi connectivity index (χ0) is 20.3. The molecule has 3 rings (SSSR count). The van der Waals surface area contributed by atoms with Gasteiger partial charge in [-0.2, -0.15) is 0 Å². The topological polar surface area (TPSA) is 97.0 Å². The second kappa shape index (κ2) is 7.97. The Hall–Kier alpha value is -2.94. The molecule has 0 bridgehead atoms. The molecule has 28 heavy (non-hydrogen) atoms. The zero-order valence-electron chi connectivity index (χ0n) is 16.0. The maximum Gasteiger partial charge on any atom is 0.323 e. The van der Waals surface area contributed by atoms with Gasteiger partial charge in [-0.3, -0.25) is 4.31 Å². The number of ether oxygens (including phenoxy) is 2. The maximum atomic E-state index is 12.4. The Morgan fingerprint density at radius 1 is 1.11 bits per heavy atom. The van der Waals surface area contributed by atoms with Gasteiger partial charge in [-0.1, -0.05) is 12.1 Å². The van der Waals surface area contributed by atoms with E-state index in [1.54, 1.807) is 30.3 Å². The van der Waals surface area contributed by atoms with E-state index in [0.29, 0.717) is 35.1 Å². The minimum Gasteiger partial charge on any atom is -0.493 e. The van der Waals surface area contributed by atoms with Gasteiger partial charge in [-0.15, -0.1) is 0 Å². The molecule has 8 nitrogen and oxygen atoms in total. The molecule has 0 unspecified atom stereocenters. The minimum atomic E-state index is -3.38. The van der Waals surface area contributed by atoms with Crippen molar-refractivity contribution < 1.29 is 22.7 Å². The minimum absolute atomic E-state index is 0.411. The maximum absolute atomic E-state index is 12.4. The van der Waals surface area contributed by atoms with Crippen LogP contribution in [0.5, 0.6) is 11.5 Å². The van der Waals surface area contributed by atoms with Crippen molar-refractivity contribution in [2.24, 2.45) is 0 Å². The first-order chi connectivity index (χ1) is 13.3. The van der Waals surface area contributed by atoms with Crippen LogP contribution in [0.4, 0.5) is 21.9 Å². The molecule has 0 atom stereocenters. The number of nitrogens with one attached hydrogen (secondary N) is 2. The standard InChI is InChI=1S/C19H23N3O5S/c1-26-17-8-4-7-15(18(17)27-2)21-19(23)20-14-10-9-13-6-5-11-22(16(13)12-14)28(3,24)25/h4,7-10,12H,5-6,11H2,1-3H3,(H2,20,21,23). The predicted octanol–water partition coefficient (Wildman–Crippen LogP) is 3.06. The first-order valence-corrected chi connectivity index (χ1v) is 10.6. The molecule has 150 valence electrons. The van der Waals surface area contributed by atoms with Gasteiger partial charge in [0, 0.05) is 12.2 Å². The predicted molar refractivity (Wildman–Crippen MR) is 109 cm³/mol. The highest BCUT2D eigenvalue weighted by atomic mass is 32.2. The number of para-hydroxylation sites is 1. The van der Waals surface area contributed by atoms with Crippen LogP contribution >= 0.6 is 0 Å². The number of benzene rings is 2. The zero-order valence-corrected chi connectivity index (χ0v) is 16.8. The number of fused-ring (bicyclic) bond motifs is 1. The molecule has 0 saturated carbocycles. The number of carbonyl (C=O) groups excluding carboxylic acids is 1. The quantitative estimate of drug-likeness (QED) is 0.797. The van der Waals surface area contributed by atoms with Crippen LogP contribution in [0.1, 0.15) is 12.0 Å². The number of carbonyl (C=O) groups is 1. The van der Waals surface area contributed by atoms with Crippen LogP contribution < -0.4 is 24.4 Å². The number of urea groups is 1. The summed E-state index contributed by atoms with van der Waals surface area (Å²) >= 11 is 0. The van der Waals surface area contributed by atoms with Crippen molar-refractivity contribution >= 4 is 33.1 Å². The van der Waals surface area contributed by atoms with Gasteiger partial charge in [0.2, 0.25) is 10.0 Å². The molecule has 0 saturated heterocycles. The number of methoxy groups -OCH3 is 2. The molecule has 0 aliphatic carbocycles. The van der Waals surface area contributed by atoms with Gasteiger partial charge in [0.15, 0.2) is 11.5 Å². The number of anilines is 3. The highest BCUT2D eigenvalue weighted by Crippen LogP contribution is 2.35. The number of amides is 2. The lowest BCUT2D eigenvalue weighted by atomic mass is 10.0. The van der Waals surface area contributed by atoms with E-state index in [-0.39, 0.29) is 0 Å². The number of nitrogens with zero attached hydrogens (tertiary/aromatic N) is 1. The summed E-state index contributed by atoms with van der Waals surface area (Å²) in [6.45, 7) is 0.433. The number of sulfonamides is 1. The van der Waals surface area contributed by atoms with E-state index in [1.807, 2.05) is 6.07 Å². The summed E-state index contributed by atoms with van der Waals surface area (Å²) in [4.78, 5) is 12.4. The summed E-state index contributed by atoms with van der Waals surface area (Å²) in [5, 5.41) is 5.45. The van der Waals surface area contributed by atoms with Crippen molar-refractivity contribution in [3.63, 3.8) is 0 Å². The molecule has 2 N–H and O–H groups in total. The fourth-order valence-corrected chi connectivity index (χ4v) is 4.22. The van der Waals surface area contributed by atoms with Gasteiger partial charge in [0.05, 0.1) is 31.9 Å². The molecular formula is C19H23N3O5S. The summed E-state index contributed by atoms with van der Waals surface area (Å²) < 4.78 is 36.0. The van der Waals surface area contributed by atoms with Crippen LogP contribution in [-0.4, -0.2) is 41.5 Å². The molecule has 9 heteroatoms. The first-order valence-electron chi connectivity index (χ1n) is 8.73. The van der Waals surface area contributed by atoms with Crippen molar-refractivity contribution in [1.29, 1.82) is 0 Å². The average molecular weight is 405 g/mol. The van der Waals surface area contributed by atoms with Crippen molar-refractivity contribution in [1.82, 2.24) is 0 Å². The second-order valence-corrected chi connectivity index (χ2v) is 8.31. The van der Waals surface area contributed by atoms with E-state index in [9.17, 15) is 13.2 Å². The molecule has 0 aromatic heterocycles. The highest BCUT2D eigenvalue weighted by Gasteiger charge is 2.24. The molecule has 2 amide bonds. The van der Waals surface area contributed by atoms with Crippen LogP contribution in [0.3, 0.4) is 0 Å². The Balaban J connectivity index is 1.81. The van der Waals surface area contributed by atoms with Crippen LogP contribution in [0.25, 0.3) is 0 Å². The Kier molecular flexibility index (Phi) is 5.64. The lowest BCUT2D eigenvalue weighted by molar-refractivity contribution is 0.262. The summed E-state index contributed by atoms with van der Waals surface area (Å²) in [5.41, 5.74) is 2.49. The molecule has 0 spiro atoms. The van der Waals surface area contributed by atoms with Crippen LogP contribution in [0.2, 0.25) is 0 Å². The van der Waals surface area contributed by atoms with Gasteiger partial charge in [0.1, 0.15) is 0 Å². The number of rotatable bonds is 5. The number of hydrogen-bond acceptors (Lipinski definition) is 5. The molecule has 0 radical (unpaired) electrons. The third kappa shape index (κ3) is 4.14. The SMILES string of the molecule is COc1cccc(NC(=O)Nc2ccc3c(c2)N(S(C)(=O)=O)CCC3)c1OC. The fourth-order valence-electron chi connectivity index (χ4n) is 3.23. The monoisotopic (exact) mass is 405 g/mol. The van der Waals surface area contributed by atoms with Crippen molar-refractivity contribution in [2.45, 2.75) is 12.8 Å². The molecule has 1 heterocycles. The average Bonchev–Trinajstić information content (AvgIpc) is 2.66. The molecule has 1 aliphatic heterocycles. The van der Waals surface area contributed by atoms with E-state index in [1.165, 1.54) is 24.8 Å². The lowest BCUT2D eigenvalue weighted by Crippen LogP contribution is -2.34. The molecule has 0 fully saturated rings. The van der Waals surface area contributed by atoms with Crippen molar-refractivity contribution in [2.75, 3.05) is 42.0 Å². The molecule has 2 aromatic carbocycles. The number of hydrogen-bond donors (Lipinski definition) is 2.